The van der Waals surface area contributed by atoms with E-state index in [0.29, 0.717) is 59.3 Å². The van der Waals surface area contributed by atoms with Crippen molar-refractivity contribution >= 4 is 35.8 Å². The number of carbonyl (C=O) groups is 6. The summed E-state index contributed by atoms with van der Waals surface area (Å²) < 4.78 is 56.1. The molecule has 0 saturated carbocycles. The molecule has 0 saturated heterocycles. The van der Waals surface area contributed by atoms with Crippen molar-refractivity contribution in [1.82, 2.24) is 19.6 Å². The minimum atomic E-state index is -0.762. The van der Waals surface area contributed by atoms with Crippen LogP contribution < -0.4 is 0 Å². The van der Waals surface area contributed by atoms with Crippen LogP contribution in [0.5, 0.6) is 0 Å². The van der Waals surface area contributed by atoms with Gasteiger partial charge in [-0.2, -0.15) is 0 Å². The summed E-state index contributed by atoms with van der Waals surface area (Å²) in [6, 6.07) is 18.7. The van der Waals surface area contributed by atoms with E-state index in [0.717, 1.165) is 11.1 Å². The molecular weight excluding hydrogens is 997 g/mol. The monoisotopic (exact) mass is 1090 g/mol. The largest absolute Gasteiger partial charge is 0.461 e. The first-order valence-electron chi connectivity index (χ1n) is 26.6. The van der Waals surface area contributed by atoms with Gasteiger partial charge in [-0.15, -0.1) is 0 Å². The molecule has 0 aliphatic heterocycles. The molecule has 0 atom stereocenters. The Bertz CT molecular complexity index is 2000. The summed E-state index contributed by atoms with van der Waals surface area (Å²) in [6.45, 7) is 25.4. The smallest absolute Gasteiger partial charge is 0.320 e. The first-order valence-corrected chi connectivity index (χ1v) is 26.6. The minimum absolute atomic E-state index is 0.0388. The van der Waals surface area contributed by atoms with Crippen LogP contribution in [-0.2, 0) is 89.3 Å². The fourth-order valence-corrected chi connectivity index (χ4v) is 6.99. The molecule has 2 aromatic rings. The van der Waals surface area contributed by atoms with Gasteiger partial charge in [0.2, 0.25) is 0 Å². The lowest BCUT2D eigenvalue weighted by atomic mass is 10.2. The Hall–Kier alpha value is -5.06. The highest BCUT2D eigenvalue weighted by molar-refractivity contribution is 5.75. The van der Waals surface area contributed by atoms with E-state index < -0.39 is 52.3 Å². The molecule has 0 fully saturated rings. The second-order valence-corrected chi connectivity index (χ2v) is 22.4. The number of ether oxygens (including phenoxy) is 10. The van der Waals surface area contributed by atoms with Gasteiger partial charge in [-0.1, -0.05) is 60.7 Å². The highest BCUT2D eigenvalue weighted by atomic mass is 16.6. The zero-order chi connectivity index (χ0) is 57.3. The van der Waals surface area contributed by atoms with Crippen LogP contribution in [0.4, 0.5) is 0 Å². The lowest BCUT2D eigenvalue weighted by Crippen LogP contribution is -2.48. The Labute approximate surface area is 458 Å². The second kappa shape index (κ2) is 36.2. The van der Waals surface area contributed by atoms with Crippen molar-refractivity contribution < 1.29 is 76.1 Å². The number of carbonyl (C=O) groups excluding carboxylic acids is 6. The molecule has 77 heavy (non-hydrogen) atoms. The van der Waals surface area contributed by atoms with Crippen molar-refractivity contribution in [3.05, 3.63) is 71.8 Å². The SMILES string of the molecule is CC(C)(C)OC(=O)CN(CCOCCOCCOCCOCCC(=O)OCc1ccccc1)CCN(CCN(CCN(CC(=O)OCc1ccccc1)CC(=O)OC(C)(C)C)CC(=O)OC(C)(C)C)CC(=O)OC(C)(C)C. The van der Waals surface area contributed by atoms with Crippen LogP contribution in [0.1, 0.15) is 101 Å². The Balaban J connectivity index is 2.06. The third-order valence-electron chi connectivity index (χ3n) is 10.2. The number of benzene rings is 2. The molecule has 0 spiro atoms. The number of nitrogens with zero attached hydrogens (tertiary/aromatic N) is 4. The second-order valence-electron chi connectivity index (χ2n) is 22.4. The van der Waals surface area contributed by atoms with Gasteiger partial charge in [0.15, 0.2) is 0 Å². The van der Waals surface area contributed by atoms with Crippen molar-refractivity contribution in [1.29, 1.82) is 0 Å². The van der Waals surface area contributed by atoms with Crippen molar-refractivity contribution in [2.75, 3.05) is 131 Å². The molecule has 0 N–H and O–H groups in total. The molecule has 436 valence electrons. The number of hydrogen-bond acceptors (Lipinski definition) is 20. The predicted octanol–water partition coefficient (Wildman–Crippen LogP) is 5.50. The molecule has 0 bridgehead atoms. The molecule has 0 unspecified atom stereocenters. The molecule has 2 rings (SSSR count). The Morgan fingerprint density at radius 3 is 0.948 bits per heavy atom. The maximum atomic E-state index is 13.4. The summed E-state index contributed by atoms with van der Waals surface area (Å²) in [5.41, 5.74) is -1.25. The molecule has 0 aliphatic rings. The van der Waals surface area contributed by atoms with Gasteiger partial charge >= 0.3 is 35.8 Å². The van der Waals surface area contributed by atoms with Gasteiger partial charge in [0, 0.05) is 45.8 Å². The Kier molecular flexibility index (Phi) is 32.0. The van der Waals surface area contributed by atoms with Gasteiger partial charge in [-0.25, -0.2) is 0 Å². The van der Waals surface area contributed by atoms with Crippen molar-refractivity contribution in [2.45, 2.75) is 125 Å². The third kappa shape index (κ3) is 39.0. The summed E-state index contributed by atoms with van der Waals surface area (Å²) in [6.07, 6.45) is 0.153. The molecule has 0 radical (unpaired) electrons. The van der Waals surface area contributed by atoms with E-state index >= 15 is 0 Å². The van der Waals surface area contributed by atoms with Gasteiger partial charge in [-0.3, -0.25) is 48.4 Å². The summed E-state index contributed by atoms with van der Waals surface area (Å²) in [7, 11) is 0. The van der Waals surface area contributed by atoms with E-state index in [-0.39, 0.29) is 97.7 Å². The number of esters is 6. The minimum Gasteiger partial charge on any atom is -0.461 e. The lowest BCUT2D eigenvalue weighted by Gasteiger charge is -2.32. The molecule has 0 aliphatic carbocycles. The first kappa shape index (κ1) is 68.0. The van der Waals surface area contributed by atoms with E-state index in [9.17, 15) is 28.8 Å². The molecular formula is C57H92N4O16. The normalized spacial score (nSPS) is 12.3. The Morgan fingerprint density at radius 1 is 0.325 bits per heavy atom. The van der Waals surface area contributed by atoms with Crippen LogP contribution >= 0.6 is 0 Å². The van der Waals surface area contributed by atoms with Crippen LogP contribution in [0.25, 0.3) is 0 Å². The van der Waals surface area contributed by atoms with Gasteiger partial charge in [0.1, 0.15) is 35.6 Å². The fraction of sp³-hybridized carbons (Fsp3) is 0.684. The predicted molar refractivity (Wildman–Crippen MR) is 290 cm³/mol. The fourth-order valence-electron chi connectivity index (χ4n) is 6.99. The summed E-state index contributed by atoms with van der Waals surface area (Å²) in [5.74, 6) is -2.75. The van der Waals surface area contributed by atoms with E-state index in [2.05, 4.69) is 0 Å². The average molecular weight is 1090 g/mol. The molecule has 0 aromatic heterocycles. The third-order valence-corrected chi connectivity index (χ3v) is 10.2. The van der Waals surface area contributed by atoms with Crippen molar-refractivity contribution in [3.8, 4) is 0 Å². The highest BCUT2D eigenvalue weighted by Crippen LogP contribution is 2.13. The molecule has 0 heterocycles. The Morgan fingerprint density at radius 2 is 0.597 bits per heavy atom. The topological polar surface area (TPSA) is 208 Å². The summed E-state index contributed by atoms with van der Waals surface area (Å²) in [5, 5.41) is 0. The molecule has 2 aromatic carbocycles. The molecule has 0 amide bonds. The van der Waals surface area contributed by atoms with Crippen LogP contribution in [0.3, 0.4) is 0 Å². The van der Waals surface area contributed by atoms with Crippen LogP contribution in [0.15, 0.2) is 60.7 Å². The van der Waals surface area contributed by atoms with Gasteiger partial charge in [0.25, 0.3) is 0 Å². The first-order chi connectivity index (χ1) is 36.1. The molecule has 20 heteroatoms. The van der Waals surface area contributed by atoms with Gasteiger partial charge in [-0.05, 0) is 94.2 Å². The van der Waals surface area contributed by atoms with Crippen LogP contribution in [0.2, 0.25) is 0 Å². The lowest BCUT2D eigenvalue weighted by molar-refractivity contribution is -0.159. The zero-order valence-electron chi connectivity index (χ0n) is 48.4. The van der Waals surface area contributed by atoms with Gasteiger partial charge < -0.3 is 47.4 Å². The zero-order valence-corrected chi connectivity index (χ0v) is 48.4. The maximum Gasteiger partial charge on any atom is 0.320 e. The van der Waals surface area contributed by atoms with Crippen molar-refractivity contribution in [3.63, 3.8) is 0 Å². The molecule has 20 nitrogen and oxygen atoms in total. The van der Waals surface area contributed by atoms with Crippen LogP contribution in [-0.4, -0.2) is 209 Å². The standard InChI is InChI=1S/C57H92N4O16/c1-54(2,3)74-50(64)40-58(24-25-59(41-51(65)75-55(4,5)6)28-29-61(43-53(67)77-57(10,11)12)39-49(63)73-45-47-21-17-14-18-22-47)26-27-60(42-52(66)76-56(7,8)9)30-32-69-34-36-71-38-37-70-35-33-68-31-23-48(62)72-44-46-19-15-13-16-20-46/h13-22H,23-45H2,1-12H3. The number of hydrogen-bond donors (Lipinski definition) is 0. The average Bonchev–Trinajstić information content (AvgIpc) is 3.30. The summed E-state index contributed by atoms with van der Waals surface area (Å²) in [4.78, 5) is 85.4. The van der Waals surface area contributed by atoms with E-state index in [4.69, 9.17) is 47.4 Å². The van der Waals surface area contributed by atoms with Gasteiger partial charge in [0.05, 0.1) is 92.0 Å². The van der Waals surface area contributed by atoms with E-state index in [1.54, 1.807) is 88.0 Å². The van der Waals surface area contributed by atoms with Crippen LogP contribution in [0, 0.1) is 0 Å². The number of rotatable bonds is 38. The summed E-state index contributed by atoms with van der Waals surface area (Å²) >= 11 is 0. The van der Waals surface area contributed by atoms with Crippen molar-refractivity contribution in [2.24, 2.45) is 0 Å². The van der Waals surface area contributed by atoms with E-state index in [1.807, 2.05) is 75.4 Å². The van der Waals surface area contributed by atoms with E-state index in [1.165, 1.54) is 0 Å². The quantitative estimate of drug-likeness (QED) is 0.0462. The maximum absolute atomic E-state index is 13.4. The highest BCUT2D eigenvalue weighted by Gasteiger charge is 2.26.